The Morgan fingerprint density at radius 1 is 1.00 bits per heavy atom. The number of rotatable bonds is 11. The second kappa shape index (κ2) is 16.3. The van der Waals surface area contributed by atoms with Crippen molar-refractivity contribution in [1.29, 1.82) is 0 Å². The number of nitrogens with zero attached hydrogens (tertiary/aromatic N) is 10. The monoisotopic (exact) mass is 916 g/mol. The van der Waals surface area contributed by atoms with Crippen molar-refractivity contribution in [1.82, 2.24) is 43.4 Å². The molecule has 2 saturated carbocycles. The van der Waals surface area contributed by atoms with Crippen LogP contribution in [0.15, 0.2) is 40.4 Å². The predicted octanol–water partition coefficient (Wildman–Crippen LogP) is 2.38. The van der Waals surface area contributed by atoms with Gasteiger partial charge in [0, 0.05) is 82.3 Å². The summed E-state index contributed by atoms with van der Waals surface area (Å²) in [6.45, 7) is 4.74. The van der Waals surface area contributed by atoms with Crippen LogP contribution in [0.25, 0.3) is 11.0 Å². The molecular weight excluding hydrogens is 860 g/mol. The summed E-state index contributed by atoms with van der Waals surface area (Å²) in [7, 11) is -0.275. The minimum Gasteiger partial charge on any atom is -0.390 e. The molecule has 65 heavy (non-hydrogen) atoms. The van der Waals surface area contributed by atoms with Crippen molar-refractivity contribution < 1.29 is 32.3 Å². The van der Waals surface area contributed by atoms with Crippen LogP contribution in [0.1, 0.15) is 95.6 Å². The molecule has 1 spiro atoms. The lowest BCUT2D eigenvalue weighted by Gasteiger charge is -2.38. The summed E-state index contributed by atoms with van der Waals surface area (Å²) in [5.74, 6) is -0.363. The first-order valence-corrected chi connectivity index (χ1v) is 24.4. The first-order valence-electron chi connectivity index (χ1n) is 23.0. The third-order valence-electron chi connectivity index (χ3n) is 15.0. The molecule has 3 aromatic heterocycles. The third kappa shape index (κ3) is 7.70. The number of aryl methyl sites for hydroxylation is 1. The maximum Gasteiger partial charge on any atom is 0.329 e. The zero-order chi connectivity index (χ0) is 45.6. The maximum absolute atomic E-state index is 16.2. The molecule has 7 heterocycles. The molecule has 4 aliphatic heterocycles. The number of hydrogen-bond donors (Lipinski definition) is 3. The van der Waals surface area contributed by atoms with Crippen LogP contribution in [0.3, 0.4) is 0 Å². The van der Waals surface area contributed by atoms with E-state index in [1.165, 1.54) is 26.7 Å². The zero-order valence-electron chi connectivity index (χ0n) is 37.1. The quantitative estimate of drug-likeness (QED) is 0.185. The number of piperidine rings is 3. The number of halogens is 1. The number of likely N-dealkylation sites (N-methyl/N-ethyl adjacent to an activating group) is 1. The molecule has 3 saturated heterocycles. The standard InChI is InChI=1S/C44H57FN12O7S/c1-43(62)14-4-5-29(23-43)56-38-31(44(15-16-44)40(56)60)25-46-41(50-38)48-27-10-19-55(20-11-27)65(63,64)30-24-47-54(26-30)22-21-51(2)28-12-17-53(18-13-28)32-6-7-33-37(36(32)45)52(3)42(61)57(33)34-8-9-35(58)49-39(34)59/h6-7,24-29,34,62H,4-5,8-23H2,1-3H3,(H,46,48,50)(H,49,58,59)/t29?,34?,43-/m1/s1. The molecule has 0 bridgehead atoms. The van der Waals surface area contributed by atoms with Crippen molar-refractivity contribution in [2.45, 2.75) is 131 Å². The number of carbonyl (C=O) groups excluding carboxylic acids is 3. The van der Waals surface area contributed by atoms with E-state index in [0.29, 0.717) is 87.9 Å². The molecule has 4 aromatic rings. The SMILES string of the molecule is CN(CCn1cc(S(=O)(=O)N2CCC(Nc3ncc4c(n3)N(C3CCC[C@@](C)(O)C3)C(=O)C43CC3)CC2)cn1)C1CCN(c2ccc3c(c2F)n(C)c(=O)n3C2CCC(=O)NC2=O)CC1. The van der Waals surface area contributed by atoms with Gasteiger partial charge in [0.25, 0.3) is 0 Å². The molecule has 1 aromatic carbocycles. The van der Waals surface area contributed by atoms with Crippen LogP contribution in [0.4, 0.5) is 21.8 Å². The van der Waals surface area contributed by atoms with Crippen molar-refractivity contribution in [3.8, 4) is 0 Å². The predicted molar refractivity (Wildman–Crippen MR) is 237 cm³/mol. The average molecular weight is 917 g/mol. The van der Waals surface area contributed by atoms with Crippen molar-refractivity contribution in [2.24, 2.45) is 7.05 Å². The van der Waals surface area contributed by atoms with Gasteiger partial charge in [0.15, 0.2) is 5.82 Å². The highest BCUT2D eigenvalue weighted by atomic mass is 32.2. The Morgan fingerprint density at radius 2 is 1.75 bits per heavy atom. The van der Waals surface area contributed by atoms with Crippen molar-refractivity contribution in [3.63, 3.8) is 0 Å². The number of hydrogen-bond acceptors (Lipinski definition) is 13. The van der Waals surface area contributed by atoms with Gasteiger partial charge in [-0.1, -0.05) is 0 Å². The van der Waals surface area contributed by atoms with Crippen LogP contribution in [-0.4, -0.2) is 133 Å². The molecule has 5 fully saturated rings. The number of anilines is 3. The second-order valence-corrected chi connectivity index (χ2v) is 21.3. The molecular formula is C44H57FN12O7S. The van der Waals surface area contributed by atoms with E-state index < -0.39 is 50.4 Å². The average Bonchev–Trinajstić information content (AvgIpc) is 3.77. The number of aromatic nitrogens is 6. The Balaban J connectivity index is 0.715. The second-order valence-electron chi connectivity index (χ2n) is 19.3. The van der Waals surface area contributed by atoms with Gasteiger partial charge >= 0.3 is 5.69 Å². The molecule has 21 heteroatoms. The number of benzene rings is 1. The summed E-state index contributed by atoms with van der Waals surface area (Å²) >= 11 is 0. The van der Waals surface area contributed by atoms with E-state index in [9.17, 15) is 32.7 Å². The van der Waals surface area contributed by atoms with E-state index >= 15 is 4.39 Å². The number of imidazole rings is 1. The van der Waals surface area contributed by atoms with Gasteiger partial charge in [0.05, 0.1) is 35.0 Å². The van der Waals surface area contributed by atoms with Crippen LogP contribution in [-0.2, 0) is 43.4 Å². The summed E-state index contributed by atoms with van der Waals surface area (Å²) in [5.41, 5.74) is -0.197. The lowest BCUT2D eigenvalue weighted by molar-refractivity contribution is -0.135. The van der Waals surface area contributed by atoms with Gasteiger partial charge in [-0.2, -0.15) is 14.4 Å². The minimum atomic E-state index is -3.78. The van der Waals surface area contributed by atoms with Crippen LogP contribution in [0.2, 0.25) is 0 Å². The molecule has 6 aliphatic rings. The third-order valence-corrected chi connectivity index (χ3v) is 16.9. The molecule has 0 radical (unpaired) electrons. The van der Waals surface area contributed by atoms with Crippen molar-refractivity contribution >= 4 is 56.2 Å². The summed E-state index contributed by atoms with van der Waals surface area (Å²) in [5, 5.41) is 20.9. The van der Waals surface area contributed by atoms with Crippen molar-refractivity contribution in [2.75, 3.05) is 54.9 Å². The Morgan fingerprint density at radius 3 is 2.46 bits per heavy atom. The van der Waals surface area contributed by atoms with E-state index in [-0.39, 0.29) is 47.3 Å². The van der Waals surface area contributed by atoms with E-state index in [0.717, 1.165) is 44.1 Å². The van der Waals surface area contributed by atoms with Crippen LogP contribution in [0.5, 0.6) is 0 Å². The molecule has 2 aliphatic carbocycles. The summed E-state index contributed by atoms with van der Waals surface area (Å²) < 4.78 is 49.4. The highest BCUT2D eigenvalue weighted by Gasteiger charge is 2.62. The van der Waals surface area contributed by atoms with Gasteiger partial charge in [0.2, 0.25) is 33.7 Å². The van der Waals surface area contributed by atoms with E-state index in [1.807, 2.05) is 23.8 Å². The Bertz CT molecular complexity index is 2730. The first kappa shape index (κ1) is 43.6. The smallest absolute Gasteiger partial charge is 0.329 e. The van der Waals surface area contributed by atoms with E-state index in [1.54, 1.807) is 29.2 Å². The Hall–Kier alpha value is -5.25. The maximum atomic E-state index is 16.2. The van der Waals surface area contributed by atoms with Crippen molar-refractivity contribution in [3.05, 3.63) is 52.6 Å². The number of fused-ring (bicyclic) bond motifs is 3. The number of sulfonamides is 1. The lowest BCUT2D eigenvalue weighted by atomic mass is 9.82. The molecule has 3 amide bonds. The largest absolute Gasteiger partial charge is 0.390 e. The fourth-order valence-corrected chi connectivity index (χ4v) is 12.5. The molecule has 3 atom stereocenters. The van der Waals surface area contributed by atoms with Gasteiger partial charge in [-0.05, 0) is 96.7 Å². The molecule has 10 rings (SSSR count). The van der Waals surface area contributed by atoms with Gasteiger partial charge in [-0.3, -0.25) is 38.4 Å². The van der Waals surface area contributed by atoms with Gasteiger partial charge < -0.3 is 20.2 Å². The van der Waals surface area contributed by atoms with Gasteiger partial charge in [-0.15, -0.1) is 0 Å². The first-order chi connectivity index (χ1) is 31.0. The minimum absolute atomic E-state index is 0.0573. The molecule has 2 unspecified atom stereocenters. The van der Waals surface area contributed by atoms with Crippen LogP contribution in [0, 0.1) is 5.82 Å². The summed E-state index contributed by atoms with van der Waals surface area (Å²) in [4.78, 5) is 67.0. The fourth-order valence-electron chi connectivity index (χ4n) is 11.1. The van der Waals surface area contributed by atoms with Crippen LogP contribution < -0.4 is 26.1 Å². The summed E-state index contributed by atoms with van der Waals surface area (Å²) in [6, 6.07) is 2.47. The topological polar surface area (TPSA) is 213 Å². The molecule has 3 N–H and O–H groups in total. The Labute approximate surface area is 376 Å². The number of carbonyl (C=O) groups is 3. The van der Waals surface area contributed by atoms with Crippen LogP contribution >= 0.6 is 0 Å². The lowest BCUT2D eigenvalue weighted by Crippen LogP contribution is -2.47. The molecule has 348 valence electrons. The van der Waals surface area contributed by atoms with E-state index in [2.05, 4.69) is 25.6 Å². The summed E-state index contributed by atoms with van der Waals surface area (Å²) in [6.07, 6.45) is 12.1. The number of amides is 3. The number of nitrogens with one attached hydrogen (secondary N) is 2. The number of aliphatic hydroxyl groups is 1. The molecule has 19 nitrogen and oxygen atoms in total. The fraction of sp³-hybridized carbons (Fsp3) is 0.614. The highest BCUT2D eigenvalue weighted by molar-refractivity contribution is 7.89. The Kier molecular flexibility index (Phi) is 10.9. The van der Waals surface area contributed by atoms with Gasteiger partial charge in [0.1, 0.15) is 22.3 Å². The zero-order valence-corrected chi connectivity index (χ0v) is 37.9. The normalized spacial score (nSPS) is 25.5. The highest BCUT2D eigenvalue weighted by Crippen LogP contribution is 2.58. The van der Waals surface area contributed by atoms with E-state index in [4.69, 9.17) is 4.98 Å². The van der Waals surface area contributed by atoms with Gasteiger partial charge in [-0.25, -0.2) is 22.6 Å². The number of imide groups is 1.